The molecule has 1 aliphatic heterocycles. The number of sulfonamides is 1. The number of hydrogen-bond acceptors (Lipinski definition) is 6. The van der Waals surface area contributed by atoms with Gasteiger partial charge in [-0.15, -0.1) is 0 Å². The van der Waals surface area contributed by atoms with Gasteiger partial charge in [0, 0.05) is 36.0 Å². The van der Waals surface area contributed by atoms with E-state index in [4.69, 9.17) is 4.52 Å². The number of fused-ring (bicyclic) bond motifs is 1. The van der Waals surface area contributed by atoms with Crippen molar-refractivity contribution in [2.24, 2.45) is 5.92 Å². The second-order valence-corrected chi connectivity index (χ2v) is 10.8. The number of benzene rings is 1. The van der Waals surface area contributed by atoms with E-state index in [1.807, 2.05) is 42.9 Å². The smallest absolute Gasteiger partial charge is 0.230 e. The van der Waals surface area contributed by atoms with E-state index in [0.717, 1.165) is 16.5 Å². The van der Waals surface area contributed by atoms with E-state index in [0.29, 0.717) is 37.6 Å². The third kappa shape index (κ3) is 4.13. The normalized spacial score (nSPS) is 16.9. The molecule has 8 nitrogen and oxygen atoms in total. The topological polar surface area (TPSA) is 94.1 Å². The van der Waals surface area contributed by atoms with Crippen molar-refractivity contribution >= 4 is 20.9 Å². The van der Waals surface area contributed by atoms with Crippen LogP contribution in [0.2, 0.25) is 0 Å². The summed E-state index contributed by atoms with van der Waals surface area (Å²) >= 11 is 0. The maximum Gasteiger partial charge on any atom is 0.230 e. The minimum atomic E-state index is -3.19. The molecule has 0 N–H and O–H groups in total. The van der Waals surface area contributed by atoms with Crippen LogP contribution in [0.25, 0.3) is 22.3 Å². The van der Waals surface area contributed by atoms with Gasteiger partial charge in [-0.2, -0.15) is 10.1 Å². The van der Waals surface area contributed by atoms with Crippen LogP contribution in [0.15, 0.2) is 28.9 Å². The van der Waals surface area contributed by atoms with Gasteiger partial charge in [0.05, 0.1) is 17.5 Å². The van der Waals surface area contributed by atoms with Gasteiger partial charge in [0.25, 0.3) is 0 Å². The molecule has 1 saturated heterocycles. The summed E-state index contributed by atoms with van der Waals surface area (Å²) in [6, 6.07) is 6.29. The van der Waals surface area contributed by atoms with Crippen molar-refractivity contribution in [3.63, 3.8) is 0 Å². The predicted octanol–water partition coefficient (Wildman–Crippen LogP) is 3.83. The van der Waals surface area contributed by atoms with Crippen molar-refractivity contribution < 1.29 is 12.9 Å². The van der Waals surface area contributed by atoms with Crippen molar-refractivity contribution in [3.05, 3.63) is 30.3 Å². The Morgan fingerprint density at radius 2 is 1.90 bits per heavy atom. The van der Waals surface area contributed by atoms with Crippen LogP contribution in [0.3, 0.4) is 0 Å². The maximum absolute atomic E-state index is 12.5. The highest BCUT2D eigenvalue weighted by Crippen LogP contribution is 2.31. The first-order valence-electron chi connectivity index (χ1n) is 10.5. The standard InChI is InChI=1S/C21H29N5O3S/c1-14(2)13-30(27,28)25-9-7-16(8-10-25)21-23-20(24-29-21)17-5-6-18-12-22-26(15(3)4)19(18)11-17/h5-6,11-12,14-16H,7-10,13H2,1-4H3. The van der Waals surface area contributed by atoms with E-state index >= 15 is 0 Å². The molecule has 0 bridgehead atoms. The molecular weight excluding hydrogens is 402 g/mol. The molecule has 162 valence electrons. The van der Waals surface area contributed by atoms with E-state index in [-0.39, 0.29) is 23.6 Å². The van der Waals surface area contributed by atoms with Gasteiger partial charge >= 0.3 is 0 Å². The van der Waals surface area contributed by atoms with Crippen molar-refractivity contribution in [1.82, 2.24) is 24.2 Å². The summed E-state index contributed by atoms with van der Waals surface area (Å²) in [6.45, 7) is 9.04. The Balaban J connectivity index is 1.49. The average molecular weight is 432 g/mol. The van der Waals surface area contributed by atoms with Crippen LogP contribution in [0.1, 0.15) is 58.4 Å². The van der Waals surface area contributed by atoms with Gasteiger partial charge < -0.3 is 4.52 Å². The van der Waals surface area contributed by atoms with E-state index in [1.54, 1.807) is 4.31 Å². The van der Waals surface area contributed by atoms with Crippen LogP contribution in [0, 0.1) is 5.92 Å². The quantitative estimate of drug-likeness (QED) is 0.589. The number of rotatable bonds is 6. The van der Waals surface area contributed by atoms with Crippen molar-refractivity contribution in [1.29, 1.82) is 0 Å². The first-order chi connectivity index (χ1) is 14.2. The fraction of sp³-hybridized carbons (Fsp3) is 0.571. The Labute approximate surface area is 177 Å². The van der Waals surface area contributed by atoms with Gasteiger partial charge in [-0.25, -0.2) is 12.7 Å². The third-order valence-corrected chi connectivity index (χ3v) is 7.77. The molecule has 1 aliphatic rings. The molecule has 0 amide bonds. The van der Waals surface area contributed by atoms with Crippen molar-refractivity contribution in [2.75, 3.05) is 18.8 Å². The molecule has 4 rings (SSSR count). The summed E-state index contributed by atoms with van der Waals surface area (Å²) in [7, 11) is -3.19. The number of hydrogen-bond donors (Lipinski definition) is 0. The lowest BCUT2D eigenvalue weighted by molar-refractivity contribution is 0.270. The van der Waals surface area contributed by atoms with Gasteiger partial charge in [0.1, 0.15) is 0 Å². The number of nitrogens with zero attached hydrogens (tertiary/aromatic N) is 5. The summed E-state index contributed by atoms with van der Waals surface area (Å²) in [5, 5.41) is 9.71. The Kier molecular flexibility index (Phi) is 5.67. The van der Waals surface area contributed by atoms with Gasteiger partial charge in [0.15, 0.2) is 0 Å². The zero-order chi connectivity index (χ0) is 21.5. The highest BCUT2D eigenvalue weighted by Gasteiger charge is 2.31. The minimum Gasteiger partial charge on any atom is -0.339 e. The van der Waals surface area contributed by atoms with Crippen LogP contribution in [-0.4, -0.2) is 51.5 Å². The lowest BCUT2D eigenvalue weighted by Crippen LogP contribution is -2.40. The molecule has 9 heteroatoms. The second-order valence-electron chi connectivity index (χ2n) is 8.76. The van der Waals surface area contributed by atoms with E-state index in [2.05, 4.69) is 29.1 Å². The summed E-state index contributed by atoms with van der Waals surface area (Å²) < 4.78 is 34.1. The molecule has 1 fully saturated rings. The van der Waals surface area contributed by atoms with Crippen LogP contribution < -0.4 is 0 Å². The molecule has 2 aromatic heterocycles. The molecule has 1 aromatic carbocycles. The molecule has 0 atom stereocenters. The van der Waals surface area contributed by atoms with Crippen LogP contribution >= 0.6 is 0 Å². The van der Waals surface area contributed by atoms with Gasteiger partial charge in [-0.1, -0.05) is 31.1 Å². The first-order valence-corrected chi connectivity index (χ1v) is 12.1. The SMILES string of the molecule is CC(C)CS(=O)(=O)N1CCC(c2nc(-c3ccc4cnn(C(C)C)c4c3)no2)CC1. The van der Waals surface area contributed by atoms with Crippen LogP contribution in [0.5, 0.6) is 0 Å². The Hall–Kier alpha value is -2.26. The first kappa shape index (κ1) is 21.0. The maximum atomic E-state index is 12.5. The Morgan fingerprint density at radius 1 is 1.17 bits per heavy atom. The summed E-state index contributed by atoms with van der Waals surface area (Å²) in [5.41, 5.74) is 1.93. The molecule has 0 aliphatic carbocycles. The van der Waals surface area contributed by atoms with Crippen LogP contribution in [-0.2, 0) is 10.0 Å². The molecule has 0 spiro atoms. The molecule has 0 unspecified atom stereocenters. The van der Waals surface area contributed by atoms with Gasteiger partial charge in [0.2, 0.25) is 21.7 Å². The summed E-state index contributed by atoms with van der Waals surface area (Å²) in [6.07, 6.45) is 3.25. The highest BCUT2D eigenvalue weighted by molar-refractivity contribution is 7.89. The van der Waals surface area contributed by atoms with E-state index in [9.17, 15) is 8.42 Å². The fourth-order valence-electron chi connectivity index (χ4n) is 4.01. The summed E-state index contributed by atoms with van der Waals surface area (Å²) in [4.78, 5) is 4.63. The monoisotopic (exact) mass is 431 g/mol. The molecule has 30 heavy (non-hydrogen) atoms. The summed E-state index contributed by atoms with van der Waals surface area (Å²) in [5.74, 6) is 1.54. The molecule has 0 saturated carbocycles. The minimum absolute atomic E-state index is 0.0849. The van der Waals surface area contributed by atoms with E-state index in [1.165, 1.54) is 0 Å². The molecular formula is C21H29N5O3S. The Bertz CT molecular complexity index is 1120. The fourth-order valence-corrected chi connectivity index (χ4v) is 5.83. The average Bonchev–Trinajstić information content (AvgIpc) is 3.34. The van der Waals surface area contributed by atoms with Crippen LogP contribution in [0.4, 0.5) is 0 Å². The third-order valence-electron chi connectivity index (χ3n) is 5.53. The largest absolute Gasteiger partial charge is 0.339 e. The van der Waals surface area contributed by atoms with Crippen molar-refractivity contribution in [3.8, 4) is 11.4 Å². The number of piperidine rings is 1. The molecule has 3 aromatic rings. The van der Waals surface area contributed by atoms with Crippen molar-refractivity contribution in [2.45, 2.75) is 52.5 Å². The zero-order valence-electron chi connectivity index (χ0n) is 17.9. The second kappa shape index (κ2) is 8.11. The Morgan fingerprint density at radius 3 is 2.57 bits per heavy atom. The molecule has 0 radical (unpaired) electrons. The molecule has 3 heterocycles. The zero-order valence-corrected chi connectivity index (χ0v) is 18.8. The lowest BCUT2D eigenvalue weighted by atomic mass is 9.98. The van der Waals surface area contributed by atoms with Gasteiger partial charge in [-0.3, -0.25) is 4.68 Å². The van der Waals surface area contributed by atoms with E-state index < -0.39 is 10.0 Å². The number of aromatic nitrogens is 4. The predicted molar refractivity (Wildman–Crippen MR) is 116 cm³/mol. The highest BCUT2D eigenvalue weighted by atomic mass is 32.2. The lowest BCUT2D eigenvalue weighted by Gasteiger charge is -2.30. The van der Waals surface area contributed by atoms with Gasteiger partial charge in [-0.05, 0) is 38.7 Å².